The first-order chi connectivity index (χ1) is 19.7. The second-order valence-corrected chi connectivity index (χ2v) is 11.7. The SMILES string of the molecule is C=C/C=C\C=C(/C)C(=O)NCC1(N2CCN(C(=O)C(Cc3ccc(Cl)cc3Cl)NC(=O)CCN)CC2)CCCCC1. The number of rotatable bonds is 12. The predicted molar refractivity (Wildman–Crippen MR) is 166 cm³/mol. The first-order valence-electron chi connectivity index (χ1n) is 14.4. The zero-order chi connectivity index (χ0) is 29.8. The Morgan fingerprint density at radius 2 is 1.80 bits per heavy atom. The third-order valence-corrected chi connectivity index (χ3v) is 8.61. The normalized spacial score (nSPS) is 18.6. The van der Waals surface area contributed by atoms with Crippen LogP contribution in [-0.4, -0.2) is 78.4 Å². The summed E-state index contributed by atoms with van der Waals surface area (Å²) in [6.45, 7) is 8.71. The molecule has 3 amide bonds. The molecular formula is C31H43Cl2N5O3. The lowest BCUT2D eigenvalue weighted by Gasteiger charge is -2.50. The monoisotopic (exact) mass is 603 g/mol. The number of carbonyl (C=O) groups excluding carboxylic acids is 3. The van der Waals surface area contributed by atoms with Crippen molar-refractivity contribution in [3.05, 3.63) is 70.3 Å². The largest absolute Gasteiger partial charge is 0.350 e. The van der Waals surface area contributed by atoms with Crippen LogP contribution in [0.15, 0.2) is 54.7 Å². The van der Waals surface area contributed by atoms with E-state index in [-0.39, 0.29) is 42.6 Å². The quantitative estimate of drug-likeness (QED) is 0.247. The lowest BCUT2D eigenvalue weighted by atomic mass is 9.79. The van der Waals surface area contributed by atoms with E-state index in [2.05, 4.69) is 22.1 Å². The topological polar surface area (TPSA) is 108 Å². The van der Waals surface area contributed by atoms with Gasteiger partial charge in [0.25, 0.3) is 0 Å². The van der Waals surface area contributed by atoms with Crippen LogP contribution in [0, 0.1) is 0 Å². The molecule has 224 valence electrons. The highest BCUT2D eigenvalue weighted by molar-refractivity contribution is 6.35. The number of nitrogens with zero attached hydrogens (tertiary/aromatic N) is 2. The lowest BCUT2D eigenvalue weighted by molar-refractivity contribution is -0.139. The van der Waals surface area contributed by atoms with Crippen LogP contribution in [0.4, 0.5) is 0 Å². The Hall–Kier alpha value is -2.65. The highest BCUT2D eigenvalue weighted by Crippen LogP contribution is 2.34. The van der Waals surface area contributed by atoms with E-state index in [9.17, 15) is 14.4 Å². The minimum atomic E-state index is -0.757. The van der Waals surface area contributed by atoms with E-state index in [1.807, 2.05) is 4.90 Å². The van der Waals surface area contributed by atoms with Crippen LogP contribution >= 0.6 is 23.2 Å². The third-order valence-electron chi connectivity index (χ3n) is 8.02. The van der Waals surface area contributed by atoms with Crippen LogP contribution in [0.2, 0.25) is 10.0 Å². The molecular weight excluding hydrogens is 561 g/mol. The van der Waals surface area contributed by atoms with E-state index in [1.165, 1.54) is 6.42 Å². The van der Waals surface area contributed by atoms with Gasteiger partial charge < -0.3 is 21.3 Å². The van der Waals surface area contributed by atoms with Crippen LogP contribution in [0.3, 0.4) is 0 Å². The molecule has 10 heteroatoms. The first-order valence-corrected chi connectivity index (χ1v) is 15.2. The maximum Gasteiger partial charge on any atom is 0.246 e. The van der Waals surface area contributed by atoms with Crippen molar-refractivity contribution >= 4 is 40.9 Å². The molecule has 1 aliphatic carbocycles. The van der Waals surface area contributed by atoms with Crippen LogP contribution in [-0.2, 0) is 20.8 Å². The molecule has 0 radical (unpaired) electrons. The van der Waals surface area contributed by atoms with Crippen LogP contribution in [0.1, 0.15) is 51.0 Å². The van der Waals surface area contributed by atoms with Gasteiger partial charge in [-0.1, -0.05) is 79.4 Å². The third kappa shape index (κ3) is 9.43. The van der Waals surface area contributed by atoms with E-state index in [4.69, 9.17) is 28.9 Å². The number of nitrogens with two attached hydrogens (primary N) is 1. The molecule has 2 fully saturated rings. The highest BCUT2D eigenvalue weighted by atomic mass is 35.5. The van der Waals surface area contributed by atoms with Gasteiger partial charge in [0.2, 0.25) is 17.7 Å². The summed E-state index contributed by atoms with van der Waals surface area (Å²) in [5.74, 6) is -0.481. The molecule has 1 aliphatic heterocycles. The van der Waals surface area contributed by atoms with Crippen molar-refractivity contribution in [1.29, 1.82) is 0 Å². The fourth-order valence-electron chi connectivity index (χ4n) is 5.68. The Morgan fingerprint density at radius 1 is 1.10 bits per heavy atom. The summed E-state index contributed by atoms with van der Waals surface area (Å²) in [6.07, 6.45) is 12.9. The molecule has 3 rings (SSSR count). The standard InChI is InChI=1S/C31H43Cl2N5O3/c1-3-4-6-9-23(2)29(40)35-22-31(13-7-5-8-14-31)38-18-16-37(17-19-38)30(41)27(36-28(39)12-15-34)20-24-10-11-25(32)21-26(24)33/h3-4,6,9-11,21,27H,1,5,7-8,12-20,22,34H2,2H3,(H,35,40)(H,36,39)/b6-4-,23-9+. The van der Waals surface area contributed by atoms with Gasteiger partial charge in [0.15, 0.2) is 0 Å². The van der Waals surface area contributed by atoms with Crippen molar-refractivity contribution < 1.29 is 14.4 Å². The van der Waals surface area contributed by atoms with E-state index in [0.29, 0.717) is 48.3 Å². The van der Waals surface area contributed by atoms with Gasteiger partial charge in [0.1, 0.15) is 6.04 Å². The summed E-state index contributed by atoms with van der Waals surface area (Å²) in [5, 5.41) is 7.00. The van der Waals surface area contributed by atoms with Crippen molar-refractivity contribution in [1.82, 2.24) is 20.4 Å². The van der Waals surface area contributed by atoms with Gasteiger partial charge in [-0.3, -0.25) is 19.3 Å². The second kappa shape index (κ2) is 16.1. The number of carbonyl (C=O) groups is 3. The summed E-state index contributed by atoms with van der Waals surface area (Å²) in [6, 6.07) is 4.39. The average molecular weight is 605 g/mol. The minimum absolute atomic E-state index is 0.0746. The molecule has 0 spiro atoms. The average Bonchev–Trinajstić information content (AvgIpc) is 2.97. The Morgan fingerprint density at radius 3 is 2.44 bits per heavy atom. The highest BCUT2D eigenvalue weighted by Gasteiger charge is 2.40. The zero-order valence-corrected chi connectivity index (χ0v) is 25.5. The number of hydrogen-bond acceptors (Lipinski definition) is 5. The van der Waals surface area contributed by atoms with Crippen LogP contribution in [0.25, 0.3) is 0 Å². The van der Waals surface area contributed by atoms with Gasteiger partial charge in [0.05, 0.1) is 0 Å². The van der Waals surface area contributed by atoms with Gasteiger partial charge in [-0.05, 0) is 37.5 Å². The first kappa shape index (κ1) is 32.9. The summed E-state index contributed by atoms with van der Waals surface area (Å²) >= 11 is 12.4. The van der Waals surface area contributed by atoms with Crippen molar-refractivity contribution in [2.75, 3.05) is 39.3 Å². The summed E-state index contributed by atoms with van der Waals surface area (Å²) in [5.41, 5.74) is 6.82. The Balaban J connectivity index is 1.68. The molecule has 41 heavy (non-hydrogen) atoms. The lowest BCUT2D eigenvalue weighted by Crippen LogP contribution is -2.63. The van der Waals surface area contributed by atoms with Gasteiger partial charge in [0, 0.05) is 73.3 Å². The fraction of sp³-hybridized carbons (Fsp3) is 0.516. The molecule has 0 aromatic heterocycles. The molecule has 1 atom stereocenters. The van der Waals surface area contributed by atoms with E-state index < -0.39 is 6.04 Å². The van der Waals surface area contributed by atoms with Crippen LogP contribution < -0.4 is 16.4 Å². The molecule has 4 N–H and O–H groups in total. The zero-order valence-electron chi connectivity index (χ0n) is 24.0. The molecule has 8 nitrogen and oxygen atoms in total. The fourth-order valence-corrected chi connectivity index (χ4v) is 6.17. The number of amides is 3. The maximum absolute atomic E-state index is 13.7. The van der Waals surface area contributed by atoms with Gasteiger partial charge >= 0.3 is 0 Å². The number of benzene rings is 1. The summed E-state index contributed by atoms with van der Waals surface area (Å²) < 4.78 is 0. The van der Waals surface area contributed by atoms with E-state index in [0.717, 1.165) is 31.2 Å². The van der Waals surface area contributed by atoms with E-state index in [1.54, 1.807) is 49.4 Å². The second-order valence-electron chi connectivity index (χ2n) is 10.8. The summed E-state index contributed by atoms with van der Waals surface area (Å²) in [7, 11) is 0. The van der Waals surface area contributed by atoms with Crippen molar-refractivity contribution in [2.45, 2.75) is 63.5 Å². The van der Waals surface area contributed by atoms with Gasteiger partial charge in [-0.15, -0.1) is 0 Å². The predicted octanol–water partition coefficient (Wildman–Crippen LogP) is 4.02. The maximum atomic E-state index is 13.7. The van der Waals surface area contributed by atoms with Gasteiger partial charge in [-0.2, -0.15) is 0 Å². The molecule has 1 aromatic carbocycles. The molecule has 0 bridgehead atoms. The van der Waals surface area contributed by atoms with E-state index >= 15 is 0 Å². The number of nitrogens with one attached hydrogen (secondary N) is 2. The minimum Gasteiger partial charge on any atom is -0.350 e. The Labute approximate surface area is 254 Å². The smallest absolute Gasteiger partial charge is 0.246 e. The number of piperazine rings is 1. The van der Waals surface area contributed by atoms with Crippen molar-refractivity contribution in [3.63, 3.8) is 0 Å². The van der Waals surface area contributed by atoms with Crippen molar-refractivity contribution in [3.8, 4) is 0 Å². The van der Waals surface area contributed by atoms with Crippen LogP contribution in [0.5, 0.6) is 0 Å². The molecule has 2 aliphatic rings. The Kier molecular flexibility index (Phi) is 12.9. The number of hydrogen-bond donors (Lipinski definition) is 3. The number of allylic oxidation sites excluding steroid dienone is 4. The molecule has 1 aromatic rings. The Bertz CT molecular complexity index is 1140. The molecule has 1 saturated heterocycles. The molecule has 1 unspecified atom stereocenters. The summed E-state index contributed by atoms with van der Waals surface area (Å²) in [4.78, 5) is 43.2. The number of halogens is 2. The van der Waals surface area contributed by atoms with Crippen molar-refractivity contribution in [2.24, 2.45) is 5.73 Å². The molecule has 1 heterocycles. The van der Waals surface area contributed by atoms with Gasteiger partial charge in [-0.25, -0.2) is 0 Å². The molecule has 1 saturated carbocycles.